The number of benzene rings is 2. The minimum Gasteiger partial charge on any atom is -0.399 e. The van der Waals surface area contributed by atoms with E-state index in [1.165, 1.54) is 11.0 Å². The Labute approximate surface area is 117 Å². The Balaban J connectivity index is 2.19. The molecular formula is C16H17FN2O. The van der Waals surface area contributed by atoms with Gasteiger partial charge in [0, 0.05) is 19.3 Å². The van der Waals surface area contributed by atoms with Gasteiger partial charge in [0.15, 0.2) is 0 Å². The lowest BCUT2D eigenvalue weighted by Crippen LogP contribution is -2.27. The fourth-order valence-electron chi connectivity index (χ4n) is 2.06. The van der Waals surface area contributed by atoms with Gasteiger partial charge < -0.3 is 10.6 Å². The monoisotopic (exact) mass is 272 g/mol. The van der Waals surface area contributed by atoms with Gasteiger partial charge in [-0.3, -0.25) is 4.79 Å². The molecule has 104 valence electrons. The van der Waals surface area contributed by atoms with E-state index in [9.17, 15) is 9.18 Å². The first-order chi connectivity index (χ1) is 9.49. The van der Waals surface area contributed by atoms with Gasteiger partial charge in [0.1, 0.15) is 5.82 Å². The van der Waals surface area contributed by atoms with Gasteiger partial charge in [-0.2, -0.15) is 0 Å². The number of nitrogen functional groups attached to an aromatic ring is 1. The molecule has 2 rings (SSSR count). The van der Waals surface area contributed by atoms with E-state index in [1.54, 1.807) is 38.2 Å². The molecule has 0 fully saturated rings. The molecule has 0 saturated carbocycles. The number of nitrogens with two attached hydrogens (primary N) is 1. The third kappa shape index (κ3) is 2.96. The molecule has 2 aromatic rings. The molecule has 0 aliphatic carbocycles. The fourth-order valence-corrected chi connectivity index (χ4v) is 2.06. The van der Waals surface area contributed by atoms with Gasteiger partial charge in [-0.15, -0.1) is 0 Å². The Morgan fingerprint density at radius 1 is 1.25 bits per heavy atom. The van der Waals surface area contributed by atoms with E-state index >= 15 is 0 Å². The Hall–Kier alpha value is -2.36. The minimum absolute atomic E-state index is 0.0939. The molecular weight excluding hydrogens is 255 g/mol. The predicted octanol–water partition coefficient (Wildman–Crippen LogP) is 2.99. The van der Waals surface area contributed by atoms with Crippen LogP contribution in [0.25, 0.3) is 0 Å². The highest BCUT2D eigenvalue weighted by Crippen LogP contribution is 2.16. The van der Waals surface area contributed by atoms with Crippen molar-refractivity contribution in [2.75, 3.05) is 12.8 Å². The fraction of sp³-hybridized carbons (Fsp3) is 0.188. The topological polar surface area (TPSA) is 46.3 Å². The molecule has 0 radical (unpaired) electrons. The summed E-state index contributed by atoms with van der Waals surface area (Å²) in [6.45, 7) is 2.03. The molecule has 3 nitrogen and oxygen atoms in total. The summed E-state index contributed by atoms with van der Waals surface area (Å²) in [4.78, 5) is 13.7. The van der Waals surface area contributed by atoms with Gasteiger partial charge in [-0.1, -0.05) is 24.3 Å². The molecule has 2 aromatic carbocycles. The van der Waals surface area contributed by atoms with Gasteiger partial charge >= 0.3 is 0 Å². The number of halogens is 1. The largest absolute Gasteiger partial charge is 0.399 e. The van der Waals surface area contributed by atoms with Crippen LogP contribution in [-0.2, 0) is 6.54 Å². The molecule has 0 aliphatic rings. The van der Waals surface area contributed by atoms with E-state index in [2.05, 4.69) is 0 Å². The number of hydrogen-bond acceptors (Lipinski definition) is 2. The van der Waals surface area contributed by atoms with Gasteiger partial charge in [-0.25, -0.2) is 4.39 Å². The average molecular weight is 272 g/mol. The summed E-state index contributed by atoms with van der Waals surface area (Å²) in [5, 5.41) is 0. The second-order valence-corrected chi connectivity index (χ2v) is 4.84. The molecule has 0 aliphatic heterocycles. The molecule has 0 heterocycles. The van der Waals surface area contributed by atoms with E-state index < -0.39 is 5.82 Å². The van der Waals surface area contributed by atoms with Gasteiger partial charge in [0.05, 0.1) is 5.56 Å². The van der Waals surface area contributed by atoms with Crippen molar-refractivity contribution in [1.82, 2.24) is 4.90 Å². The Kier molecular flexibility index (Phi) is 4.03. The highest BCUT2D eigenvalue weighted by atomic mass is 19.1. The summed E-state index contributed by atoms with van der Waals surface area (Å²) in [6.07, 6.45) is 0. The first-order valence-corrected chi connectivity index (χ1v) is 6.34. The molecule has 0 aromatic heterocycles. The van der Waals surface area contributed by atoms with Crippen LogP contribution in [0.5, 0.6) is 0 Å². The number of amides is 1. The van der Waals surface area contributed by atoms with Crippen LogP contribution in [0, 0.1) is 12.7 Å². The van der Waals surface area contributed by atoms with Crippen LogP contribution in [-0.4, -0.2) is 17.9 Å². The first-order valence-electron chi connectivity index (χ1n) is 6.34. The molecule has 4 heteroatoms. The zero-order valence-corrected chi connectivity index (χ0v) is 11.6. The summed E-state index contributed by atoms with van der Waals surface area (Å²) < 4.78 is 13.9. The second kappa shape index (κ2) is 5.74. The van der Waals surface area contributed by atoms with Crippen LogP contribution in [0.2, 0.25) is 0 Å². The van der Waals surface area contributed by atoms with E-state index in [4.69, 9.17) is 5.73 Å². The van der Waals surface area contributed by atoms with Crippen molar-refractivity contribution < 1.29 is 9.18 Å². The maximum absolute atomic E-state index is 13.9. The number of anilines is 1. The lowest BCUT2D eigenvalue weighted by molar-refractivity contribution is 0.0780. The Morgan fingerprint density at radius 3 is 2.65 bits per heavy atom. The number of rotatable bonds is 3. The Bertz CT molecular complexity index is 640. The maximum Gasteiger partial charge on any atom is 0.256 e. The predicted molar refractivity (Wildman–Crippen MR) is 77.8 cm³/mol. The molecule has 2 N–H and O–H groups in total. The standard InChI is InChI=1S/C16H17FN2O/c1-11-5-3-8-14(15(11)17)16(20)19(2)10-12-6-4-7-13(18)9-12/h3-9H,10,18H2,1-2H3. The van der Waals surface area contributed by atoms with Gasteiger partial charge in [-0.05, 0) is 36.2 Å². The number of hydrogen-bond donors (Lipinski definition) is 1. The van der Waals surface area contributed by atoms with Crippen molar-refractivity contribution in [2.45, 2.75) is 13.5 Å². The highest BCUT2D eigenvalue weighted by molar-refractivity contribution is 5.94. The summed E-state index contributed by atoms with van der Waals surface area (Å²) in [6, 6.07) is 12.1. The number of nitrogens with zero attached hydrogens (tertiary/aromatic N) is 1. The van der Waals surface area contributed by atoms with Crippen LogP contribution in [0.4, 0.5) is 10.1 Å². The summed E-state index contributed by atoms with van der Waals surface area (Å²) in [5.74, 6) is -0.800. The van der Waals surface area contributed by atoms with Crippen LogP contribution in [0.3, 0.4) is 0 Å². The molecule has 0 spiro atoms. The summed E-state index contributed by atoms with van der Waals surface area (Å²) >= 11 is 0. The highest BCUT2D eigenvalue weighted by Gasteiger charge is 2.17. The number of carbonyl (C=O) groups excluding carboxylic acids is 1. The average Bonchev–Trinajstić information content (AvgIpc) is 2.41. The lowest BCUT2D eigenvalue weighted by atomic mass is 10.1. The van der Waals surface area contributed by atoms with Crippen molar-refractivity contribution >= 4 is 11.6 Å². The summed E-state index contributed by atoms with van der Waals surface area (Å²) in [5.41, 5.74) is 7.82. The summed E-state index contributed by atoms with van der Waals surface area (Å²) in [7, 11) is 1.65. The van der Waals surface area contributed by atoms with E-state index in [1.807, 2.05) is 12.1 Å². The zero-order valence-electron chi connectivity index (χ0n) is 11.6. The third-order valence-electron chi connectivity index (χ3n) is 3.14. The smallest absolute Gasteiger partial charge is 0.256 e. The van der Waals surface area contributed by atoms with E-state index in [-0.39, 0.29) is 11.5 Å². The van der Waals surface area contributed by atoms with E-state index in [0.29, 0.717) is 17.8 Å². The van der Waals surface area contributed by atoms with Gasteiger partial charge in [0.25, 0.3) is 5.91 Å². The van der Waals surface area contributed by atoms with Crippen LogP contribution in [0.15, 0.2) is 42.5 Å². The maximum atomic E-state index is 13.9. The SMILES string of the molecule is Cc1cccc(C(=O)N(C)Cc2cccc(N)c2)c1F. The van der Waals surface area contributed by atoms with Crippen molar-refractivity contribution in [3.05, 3.63) is 65.0 Å². The zero-order chi connectivity index (χ0) is 14.7. The van der Waals surface area contributed by atoms with Crippen LogP contribution in [0.1, 0.15) is 21.5 Å². The molecule has 0 unspecified atom stereocenters. The Morgan fingerprint density at radius 2 is 1.95 bits per heavy atom. The molecule has 0 saturated heterocycles. The molecule has 20 heavy (non-hydrogen) atoms. The first kappa shape index (κ1) is 14.1. The lowest BCUT2D eigenvalue weighted by Gasteiger charge is -2.18. The third-order valence-corrected chi connectivity index (χ3v) is 3.14. The van der Waals surface area contributed by atoms with Crippen molar-refractivity contribution in [3.63, 3.8) is 0 Å². The van der Waals surface area contributed by atoms with Crippen LogP contribution < -0.4 is 5.73 Å². The molecule has 1 amide bonds. The minimum atomic E-state index is -0.461. The van der Waals surface area contributed by atoms with Crippen molar-refractivity contribution in [3.8, 4) is 0 Å². The number of aryl methyl sites for hydroxylation is 1. The molecule has 0 bridgehead atoms. The molecule has 0 atom stereocenters. The van der Waals surface area contributed by atoms with Crippen molar-refractivity contribution in [2.24, 2.45) is 0 Å². The normalized spacial score (nSPS) is 10.3. The van der Waals surface area contributed by atoms with Gasteiger partial charge in [0.2, 0.25) is 0 Å². The van der Waals surface area contributed by atoms with Crippen LogP contribution >= 0.6 is 0 Å². The second-order valence-electron chi connectivity index (χ2n) is 4.84. The van der Waals surface area contributed by atoms with E-state index in [0.717, 1.165) is 5.56 Å². The number of carbonyl (C=O) groups is 1. The van der Waals surface area contributed by atoms with Crippen molar-refractivity contribution in [1.29, 1.82) is 0 Å². The quantitative estimate of drug-likeness (QED) is 0.873.